The van der Waals surface area contributed by atoms with E-state index in [4.69, 9.17) is 0 Å². The molecule has 100 valence electrons. The first-order valence-electron chi connectivity index (χ1n) is 7.26. The van der Waals surface area contributed by atoms with E-state index in [0.29, 0.717) is 12.6 Å². The van der Waals surface area contributed by atoms with E-state index in [1.807, 2.05) is 0 Å². The Morgan fingerprint density at radius 1 is 1.35 bits per heavy atom. The molecule has 2 aliphatic rings. The monoisotopic (exact) mass is 240 g/mol. The summed E-state index contributed by atoms with van der Waals surface area (Å²) < 4.78 is 0. The largest absolute Gasteiger partial charge is 0.396 e. The second-order valence-corrected chi connectivity index (χ2v) is 6.10. The lowest BCUT2D eigenvalue weighted by atomic mass is 9.90. The Morgan fingerprint density at radius 3 is 2.47 bits per heavy atom. The van der Waals surface area contributed by atoms with Crippen molar-refractivity contribution in [3.63, 3.8) is 0 Å². The number of hydrogen-bond acceptors (Lipinski definition) is 3. The molecule has 0 bridgehead atoms. The summed E-state index contributed by atoms with van der Waals surface area (Å²) in [5, 5.41) is 13.0. The molecule has 0 amide bonds. The molecule has 0 spiro atoms. The van der Waals surface area contributed by atoms with Gasteiger partial charge in [0.05, 0.1) is 0 Å². The van der Waals surface area contributed by atoms with Gasteiger partial charge in [0.25, 0.3) is 0 Å². The number of aliphatic hydroxyl groups is 1. The fourth-order valence-corrected chi connectivity index (χ4v) is 2.88. The SMILES string of the molecule is CCN1CCC(C(C)NCC2(CO)CC2)CC1. The Kier molecular flexibility index (Phi) is 4.45. The minimum Gasteiger partial charge on any atom is -0.396 e. The van der Waals surface area contributed by atoms with E-state index >= 15 is 0 Å². The van der Waals surface area contributed by atoms with E-state index in [2.05, 4.69) is 24.1 Å². The number of hydrogen-bond donors (Lipinski definition) is 2. The van der Waals surface area contributed by atoms with Gasteiger partial charge in [0.1, 0.15) is 0 Å². The molecule has 1 aliphatic carbocycles. The number of nitrogens with zero attached hydrogens (tertiary/aromatic N) is 1. The van der Waals surface area contributed by atoms with E-state index in [1.54, 1.807) is 0 Å². The molecule has 0 aromatic heterocycles. The average molecular weight is 240 g/mol. The predicted octanol–water partition coefficient (Wildman–Crippen LogP) is 1.47. The Hall–Kier alpha value is -0.120. The number of nitrogens with one attached hydrogen (secondary N) is 1. The van der Waals surface area contributed by atoms with Crippen molar-refractivity contribution in [2.45, 2.75) is 45.6 Å². The highest BCUT2D eigenvalue weighted by Gasteiger charge is 2.42. The molecule has 0 aromatic rings. The van der Waals surface area contributed by atoms with Crippen molar-refractivity contribution >= 4 is 0 Å². The van der Waals surface area contributed by atoms with Gasteiger partial charge < -0.3 is 15.3 Å². The van der Waals surface area contributed by atoms with Crippen molar-refractivity contribution in [3.8, 4) is 0 Å². The second-order valence-electron chi connectivity index (χ2n) is 6.10. The van der Waals surface area contributed by atoms with Gasteiger partial charge in [-0.3, -0.25) is 0 Å². The fourth-order valence-electron chi connectivity index (χ4n) is 2.88. The average Bonchev–Trinajstić information content (AvgIpc) is 3.17. The van der Waals surface area contributed by atoms with Gasteiger partial charge in [-0.25, -0.2) is 0 Å². The lowest BCUT2D eigenvalue weighted by Crippen LogP contribution is -2.43. The third-order valence-electron chi connectivity index (χ3n) is 4.88. The standard InChI is InChI=1S/C14H28N2O/c1-3-16-8-4-13(5-9-16)12(2)15-10-14(11-17)6-7-14/h12-13,15,17H,3-11H2,1-2H3. The molecule has 1 saturated heterocycles. The van der Waals surface area contributed by atoms with Gasteiger partial charge in [-0.05, 0) is 58.2 Å². The first kappa shape index (κ1) is 13.3. The predicted molar refractivity (Wildman–Crippen MR) is 71.1 cm³/mol. The first-order chi connectivity index (χ1) is 8.19. The Labute approximate surface area is 106 Å². The van der Waals surface area contributed by atoms with Crippen LogP contribution in [0, 0.1) is 11.3 Å². The second kappa shape index (κ2) is 5.68. The van der Waals surface area contributed by atoms with E-state index in [9.17, 15) is 5.11 Å². The van der Waals surface area contributed by atoms with Gasteiger partial charge in [-0.1, -0.05) is 6.92 Å². The normalized spacial score (nSPS) is 27.0. The van der Waals surface area contributed by atoms with Crippen LogP contribution in [0.4, 0.5) is 0 Å². The van der Waals surface area contributed by atoms with Crippen molar-refractivity contribution in [1.82, 2.24) is 10.2 Å². The van der Waals surface area contributed by atoms with Crippen LogP contribution in [-0.2, 0) is 0 Å². The van der Waals surface area contributed by atoms with Crippen LogP contribution in [0.15, 0.2) is 0 Å². The highest BCUT2D eigenvalue weighted by molar-refractivity contribution is 4.95. The number of rotatable bonds is 6. The number of piperidine rings is 1. The van der Waals surface area contributed by atoms with Crippen LogP contribution >= 0.6 is 0 Å². The molecular formula is C14H28N2O. The zero-order chi connectivity index (χ0) is 12.3. The van der Waals surface area contributed by atoms with Crippen LogP contribution < -0.4 is 5.32 Å². The molecular weight excluding hydrogens is 212 g/mol. The maximum absolute atomic E-state index is 9.30. The molecule has 17 heavy (non-hydrogen) atoms. The quantitative estimate of drug-likeness (QED) is 0.738. The van der Waals surface area contributed by atoms with Crippen molar-refractivity contribution in [2.75, 3.05) is 32.8 Å². The summed E-state index contributed by atoms with van der Waals surface area (Å²) in [4.78, 5) is 2.54. The van der Waals surface area contributed by atoms with Gasteiger partial charge in [-0.15, -0.1) is 0 Å². The van der Waals surface area contributed by atoms with Gasteiger partial charge in [-0.2, -0.15) is 0 Å². The number of likely N-dealkylation sites (tertiary alicyclic amines) is 1. The first-order valence-corrected chi connectivity index (χ1v) is 7.26. The maximum atomic E-state index is 9.30. The van der Waals surface area contributed by atoms with E-state index < -0.39 is 0 Å². The van der Waals surface area contributed by atoms with Crippen LogP contribution in [0.2, 0.25) is 0 Å². The van der Waals surface area contributed by atoms with Gasteiger partial charge >= 0.3 is 0 Å². The third-order valence-corrected chi connectivity index (χ3v) is 4.88. The molecule has 3 nitrogen and oxygen atoms in total. The molecule has 2 fully saturated rings. The van der Waals surface area contributed by atoms with E-state index in [0.717, 1.165) is 12.5 Å². The minimum atomic E-state index is 0.248. The minimum absolute atomic E-state index is 0.248. The summed E-state index contributed by atoms with van der Waals surface area (Å²) in [6.07, 6.45) is 5.07. The molecule has 0 radical (unpaired) electrons. The third kappa shape index (κ3) is 3.43. The van der Waals surface area contributed by atoms with E-state index in [1.165, 1.54) is 45.3 Å². The topological polar surface area (TPSA) is 35.5 Å². The molecule has 1 aliphatic heterocycles. The van der Waals surface area contributed by atoms with Gasteiger partial charge in [0, 0.05) is 24.6 Å². The smallest absolute Gasteiger partial charge is 0.0499 e. The van der Waals surface area contributed by atoms with Crippen LogP contribution in [0.25, 0.3) is 0 Å². The summed E-state index contributed by atoms with van der Waals surface area (Å²) >= 11 is 0. The summed E-state index contributed by atoms with van der Waals surface area (Å²) in [5.74, 6) is 0.826. The van der Waals surface area contributed by atoms with E-state index in [-0.39, 0.29) is 5.41 Å². The zero-order valence-corrected chi connectivity index (χ0v) is 11.4. The highest BCUT2D eigenvalue weighted by Crippen LogP contribution is 2.44. The summed E-state index contributed by atoms with van der Waals surface area (Å²) in [6.45, 7) is 9.66. The van der Waals surface area contributed by atoms with Crippen molar-refractivity contribution in [2.24, 2.45) is 11.3 Å². The molecule has 0 aromatic carbocycles. The van der Waals surface area contributed by atoms with Crippen LogP contribution in [0.1, 0.15) is 39.5 Å². The van der Waals surface area contributed by atoms with Crippen molar-refractivity contribution in [1.29, 1.82) is 0 Å². The Balaban J connectivity index is 1.68. The summed E-state index contributed by atoms with van der Waals surface area (Å²) in [5.41, 5.74) is 0.248. The lowest BCUT2D eigenvalue weighted by Gasteiger charge is -2.35. The summed E-state index contributed by atoms with van der Waals surface area (Å²) in [6, 6.07) is 0.609. The summed E-state index contributed by atoms with van der Waals surface area (Å²) in [7, 11) is 0. The van der Waals surface area contributed by atoms with Crippen molar-refractivity contribution < 1.29 is 5.11 Å². The Morgan fingerprint density at radius 2 is 2.00 bits per heavy atom. The zero-order valence-electron chi connectivity index (χ0n) is 11.4. The molecule has 3 heteroatoms. The molecule has 2 rings (SSSR count). The van der Waals surface area contributed by atoms with Crippen LogP contribution in [-0.4, -0.2) is 48.8 Å². The van der Waals surface area contributed by atoms with Crippen LogP contribution in [0.3, 0.4) is 0 Å². The molecule has 1 atom stereocenters. The number of aliphatic hydroxyl groups excluding tert-OH is 1. The molecule has 1 saturated carbocycles. The molecule has 2 N–H and O–H groups in total. The van der Waals surface area contributed by atoms with Crippen LogP contribution in [0.5, 0.6) is 0 Å². The van der Waals surface area contributed by atoms with Gasteiger partial charge in [0.2, 0.25) is 0 Å². The Bertz CT molecular complexity index is 232. The maximum Gasteiger partial charge on any atom is 0.0499 e. The fraction of sp³-hybridized carbons (Fsp3) is 1.00. The molecule has 1 heterocycles. The van der Waals surface area contributed by atoms with Crippen molar-refractivity contribution in [3.05, 3.63) is 0 Å². The molecule has 1 unspecified atom stereocenters. The lowest BCUT2D eigenvalue weighted by molar-refractivity contribution is 0.158. The highest BCUT2D eigenvalue weighted by atomic mass is 16.3. The van der Waals surface area contributed by atoms with Gasteiger partial charge in [0.15, 0.2) is 0 Å².